The maximum absolute atomic E-state index is 12.7. The van der Waals surface area contributed by atoms with E-state index in [-0.39, 0.29) is 19.1 Å². The zero-order chi connectivity index (χ0) is 19.2. The number of nitrogens with zero attached hydrogens (tertiary/aromatic N) is 2. The van der Waals surface area contributed by atoms with Gasteiger partial charge in [-0.15, -0.1) is 11.3 Å². The SMILES string of the molecule is CCc1nc(CNC(=NC)NCc2cc3c(cc2OC(F)F)OCO3)cs1. The number of halogens is 2. The summed E-state index contributed by atoms with van der Waals surface area (Å²) in [5, 5.41) is 9.28. The molecule has 0 amide bonds. The second-order valence-electron chi connectivity index (χ2n) is 5.56. The fourth-order valence-electron chi connectivity index (χ4n) is 2.48. The minimum Gasteiger partial charge on any atom is -0.454 e. The molecule has 2 N–H and O–H groups in total. The van der Waals surface area contributed by atoms with Crippen LogP contribution in [0.15, 0.2) is 22.5 Å². The molecule has 2 heterocycles. The van der Waals surface area contributed by atoms with Crippen LogP contribution < -0.4 is 24.8 Å². The fraction of sp³-hybridized carbons (Fsp3) is 0.412. The van der Waals surface area contributed by atoms with Gasteiger partial charge in [-0.2, -0.15) is 8.78 Å². The largest absolute Gasteiger partial charge is 0.454 e. The Morgan fingerprint density at radius 2 is 2.04 bits per heavy atom. The van der Waals surface area contributed by atoms with Crippen molar-refractivity contribution in [3.8, 4) is 17.2 Å². The molecule has 0 fully saturated rings. The first-order chi connectivity index (χ1) is 13.1. The van der Waals surface area contributed by atoms with Crippen LogP contribution >= 0.6 is 11.3 Å². The Bertz CT molecular complexity index is 813. The monoisotopic (exact) mass is 398 g/mol. The number of ether oxygens (including phenoxy) is 3. The molecule has 0 unspecified atom stereocenters. The number of thiazole rings is 1. The number of benzene rings is 1. The summed E-state index contributed by atoms with van der Waals surface area (Å²) in [7, 11) is 1.63. The molecule has 1 aromatic heterocycles. The van der Waals surface area contributed by atoms with Crippen molar-refractivity contribution < 1.29 is 23.0 Å². The molecule has 0 atom stereocenters. The third-order valence-electron chi connectivity index (χ3n) is 3.78. The molecular weight excluding hydrogens is 378 g/mol. The van der Waals surface area contributed by atoms with Crippen LogP contribution in [0, 0.1) is 0 Å². The first-order valence-corrected chi connectivity index (χ1v) is 9.22. The molecule has 7 nitrogen and oxygen atoms in total. The molecule has 10 heteroatoms. The summed E-state index contributed by atoms with van der Waals surface area (Å²) in [6, 6.07) is 3.03. The second kappa shape index (κ2) is 8.85. The molecule has 1 aromatic carbocycles. The number of aromatic nitrogens is 1. The van der Waals surface area contributed by atoms with Crippen LogP contribution in [0.2, 0.25) is 0 Å². The lowest BCUT2D eigenvalue weighted by Gasteiger charge is -2.15. The van der Waals surface area contributed by atoms with Crippen LogP contribution in [0.25, 0.3) is 0 Å². The van der Waals surface area contributed by atoms with Gasteiger partial charge in [0.15, 0.2) is 17.5 Å². The zero-order valence-electron chi connectivity index (χ0n) is 14.9. The first kappa shape index (κ1) is 19.2. The number of aryl methyl sites for hydroxylation is 1. The highest BCUT2D eigenvalue weighted by Crippen LogP contribution is 2.38. The lowest BCUT2D eigenvalue weighted by Crippen LogP contribution is -2.36. The molecular formula is C17H20F2N4O3S. The summed E-state index contributed by atoms with van der Waals surface area (Å²) >= 11 is 1.61. The molecule has 0 radical (unpaired) electrons. The Balaban J connectivity index is 1.63. The van der Waals surface area contributed by atoms with Gasteiger partial charge in [-0.1, -0.05) is 6.92 Å². The third kappa shape index (κ3) is 4.97. The minimum absolute atomic E-state index is 0.0318. The molecule has 0 saturated carbocycles. The summed E-state index contributed by atoms with van der Waals surface area (Å²) in [6.07, 6.45) is 0.897. The summed E-state index contributed by atoms with van der Waals surface area (Å²) < 4.78 is 40.5. The van der Waals surface area contributed by atoms with Crippen LogP contribution in [-0.2, 0) is 19.5 Å². The van der Waals surface area contributed by atoms with Crippen LogP contribution in [0.5, 0.6) is 17.2 Å². The van der Waals surface area contributed by atoms with Gasteiger partial charge in [-0.05, 0) is 12.5 Å². The van der Waals surface area contributed by atoms with Gasteiger partial charge in [0, 0.05) is 30.6 Å². The standard InChI is InChI=1S/C17H20F2N4O3S/c1-3-15-23-11(8-27-15)7-22-17(20-2)21-6-10-4-13-14(25-9-24-13)5-12(10)26-16(18)19/h4-5,8,16H,3,6-7,9H2,1-2H3,(H2,20,21,22). The van der Waals surface area contributed by atoms with Crippen molar-refractivity contribution in [3.05, 3.63) is 33.8 Å². The van der Waals surface area contributed by atoms with E-state index in [1.165, 1.54) is 6.07 Å². The number of hydrogen-bond acceptors (Lipinski definition) is 6. The third-order valence-corrected chi connectivity index (χ3v) is 4.82. The smallest absolute Gasteiger partial charge is 0.387 e. The molecule has 2 aromatic rings. The Hall–Kier alpha value is -2.62. The van der Waals surface area contributed by atoms with E-state index in [4.69, 9.17) is 9.47 Å². The molecule has 0 saturated heterocycles. The molecule has 1 aliphatic heterocycles. The summed E-state index contributed by atoms with van der Waals surface area (Å²) in [6.45, 7) is -0.0930. The van der Waals surface area contributed by atoms with E-state index in [9.17, 15) is 8.78 Å². The van der Waals surface area contributed by atoms with E-state index in [2.05, 4.69) is 32.3 Å². The van der Waals surface area contributed by atoms with Gasteiger partial charge < -0.3 is 24.8 Å². The van der Waals surface area contributed by atoms with E-state index < -0.39 is 6.61 Å². The highest BCUT2D eigenvalue weighted by molar-refractivity contribution is 7.09. The Labute approximate surface area is 159 Å². The van der Waals surface area contributed by atoms with Gasteiger partial charge in [-0.3, -0.25) is 4.99 Å². The summed E-state index contributed by atoms with van der Waals surface area (Å²) in [5.41, 5.74) is 1.43. The van der Waals surface area contributed by atoms with Crippen molar-refractivity contribution in [3.63, 3.8) is 0 Å². The van der Waals surface area contributed by atoms with E-state index in [1.807, 2.05) is 5.38 Å². The Morgan fingerprint density at radius 1 is 1.30 bits per heavy atom. The Morgan fingerprint density at radius 3 is 2.70 bits per heavy atom. The number of alkyl halides is 2. The molecule has 0 spiro atoms. The van der Waals surface area contributed by atoms with E-state index in [0.717, 1.165) is 17.1 Å². The van der Waals surface area contributed by atoms with Crippen LogP contribution in [0.1, 0.15) is 23.2 Å². The lowest BCUT2D eigenvalue weighted by atomic mass is 10.1. The van der Waals surface area contributed by atoms with E-state index >= 15 is 0 Å². The van der Waals surface area contributed by atoms with Crippen LogP contribution in [0.3, 0.4) is 0 Å². The van der Waals surface area contributed by atoms with Crippen molar-refractivity contribution in [2.75, 3.05) is 13.8 Å². The minimum atomic E-state index is -2.93. The molecule has 0 aliphatic carbocycles. The van der Waals surface area contributed by atoms with Crippen molar-refractivity contribution in [1.29, 1.82) is 0 Å². The normalized spacial score (nSPS) is 13.1. The quantitative estimate of drug-likeness (QED) is 0.552. The van der Waals surface area contributed by atoms with Crippen molar-refractivity contribution in [2.24, 2.45) is 4.99 Å². The van der Waals surface area contributed by atoms with Crippen molar-refractivity contribution in [2.45, 2.75) is 33.0 Å². The van der Waals surface area contributed by atoms with E-state index in [0.29, 0.717) is 29.6 Å². The number of fused-ring (bicyclic) bond motifs is 1. The van der Waals surface area contributed by atoms with Gasteiger partial charge >= 0.3 is 6.61 Å². The van der Waals surface area contributed by atoms with Gasteiger partial charge in [0.05, 0.1) is 17.2 Å². The molecule has 1 aliphatic rings. The van der Waals surface area contributed by atoms with Gasteiger partial charge in [0.1, 0.15) is 5.75 Å². The molecule has 0 bridgehead atoms. The number of hydrogen-bond donors (Lipinski definition) is 2. The number of nitrogens with one attached hydrogen (secondary N) is 2. The number of rotatable bonds is 7. The number of aliphatic imine (C=N–C) groups is 1. The van der Waals surface area contributed by atoms with Gasteiger partial charge in [0.25, 0.3) is 0 Å². The second-order valence-corrected chi connectivity index (χ2v) is 6.50. The van der Waals surface area contributed by atoms with Crippen LogP contribution in [0.4, 0.5) is 8.78 Å². The van der Waals surface area contributed by atoms with Gasteiger partial charge in [0.2, 0.25) is 6.79 Å². The topological polar surface area (TPSA) is 77.0 Å². The van der Waals surface area contributed by atoms with Gasteiger partial charge in [-0.25, -0.2) is 4.98 Å². The average molecular weight is 398 g/mol. The number of guanidine groups is 1. The van der Waals surface area contributed by atoms with E-state index in [1.54, 1.807) is 24.5 Å². The Kier molecular flexibility index (Phi) is 6.28. The maximum Gasteiger partial charge on any atom is 0.387 e. The summed E-state index contributed by atoms with van der Waals surface area (Å²) in [4.78, 5) is 8.61. The maximum atomic E-state index is 12.7. The van der Waals surface area contributed by atoms with Crippen molar-refractivity contribution >= 4 is 17.3 Å². The molecule has 3 rings (SSSR count). The zero-order valence-corrected chi connectivity index (χ0v) is 15.7. The average Bonchev–Trinajstić information content (AvgIpc) is 3.29. The molecule has 27 heavy (non-hydrogen) atoms. The lowest BCUT2D eigenvalue weighted by molar-refractivity contribution is -0.0505. The summed E-state index contributed by atoms with van der Waals surface area (Å²) in [5.74, 6) is 1.42. The van der Waals surface area contributed by atoms with Crippen molar-refractivity contribution in [1.82, 2.24) is 15.6 Å². The van der Waals surface area contributed by atoms with Crippen LogP contribution in [-0.4, -0.2) is 31.4 Å². The molecule has 146 valence electrons. The predicted molar refractivity (Wildman–Crippen MR) is 97.7 cm³/mol. The highest BCUT2D eigenvalue weighted by atomic mass is 32.1. The highest BCUT2D eigenvalue weighted by Gasteiger charge is 2.20. The fourth-order valence-corrected chi connectivity index (χ4v) is 3.22. The first-order valence-electron chi connectivity index (χ1n) is 8.34. The predicted octanol–water partition coefficient (Wildman–Crippen LogP) is 2.90.